The third-order valence-electron chi connectivity index (χ3n) is 5.38. The second-order valence-corrected chi connectivity index (χ2v) is 8.68. The van der Waals surface area contributed by atoms with Crippen molar-refractivity contribution in [2.24, 2.45) is 0 Å². The van der Waals surface area contributed by atoms with Crippen LogP contribution in [0.2, 0.25) is 5.02 Å². The molecule has 6 nitrogen and oxygen atoms in total. The van der Waals surface area contributed by atoms with Gasteiger partial charge in [-0.15, -0.1) is 5.10 Å². The van der Waals surface area contributed by atoms with Crippen LogP contribution in [-0.2, 0) is 14.9 Å². The summed E-state index contributed by atoms with van der Waals surface area (Å²) >= 11 is 7.42. The van der Waals surface area contributed by atoms with Crippen molar-refractivity contribution >= 4 is 35.0 Å². The van der Waals surface area contributed by atoms with Gasteiger partial charge in [-0.1, -0.05) is 59.8 Å². The third kappa shape index (κ3) is 4.53. The van der Waals surface area contributed by atoms with E-state index >= 15 is 0 Å². The number of benzene rings is 2. The van der Waals surface area contributed by atoms with Gasteiger partial charge < -0.3 is 10.1 Å². The van der Waals surface area contributed by atoms with Crippen LogP contribution >= 0.6 is 23.4 Å². The van der Waals surface area contributed by atoms with E-state index < -0.39 is 0 Å². The molecular weight excluding hydrogens is 420 g/mol. The number of hydrogen-bond acceptors (Lipinski definition) is 5. The monoisotopic (exact) mass is 442 g/mol. The van der Waals surface area contributed by atoms with Gasteiger partial charge in [0, 0.05) is 23.9 Å². The minimum absolute atomic E-state index is 0.130. The lowest BCUT2D eigenvalue weighted by molar-refractivity contribution is -0.113. The number of aromatic nitrogens is 3. The number of carbonyl (C=O) groups excluding carboxylic acids is 1. The molecule has 8 heteroatoms. The highest BCUT2D eigenvalue weighted by molar-refractivity contribution is 7.99. The summed E-state index contributed by atoms with van der Waals surface area (Å²) < 4.78 is 5.60. The maximum Gasteiger partial charge on any atom is 0.234 e. The zero-order chi connectivity index (χ0) is 21.0. The molecule has 156 valence electrons. The Morgan fingerprint density at radius 3 is 2.73 bits per heavy atom. The average Bonchev–Trinajstić information content (AvgIpc) is 3.26. The molecule has 1 fully saturated rings. The molecule has 0 radical (unpaired) electrons. The minimum atomic E-state index is -0.244. The summed E-state index contributed by atoms with van der Waals surface area (Å²) in [6.45, 7) is 3.28. The van der Waals surface area contributed by atoms with Gasteiger partial charge in [0.1, 0.15) is 5.82 Å². The number of aryl methyl sites for hydroxylation is 1. The molecule has 0 atom stereocenters. The highest BCUT2D eigenvalue weighted by atomic mass is 35.5. The number of aromatic amines is 1. The van der Waals surface area contributed by atoms with Gasteiger partial charge in [-0.25, -0.2) is 4.98 Å². The van der Waals surface area contributed by atoms with Crippen molar-refractivity contribution in [1.29, 1.82) is 0 Å². The summed E-state index contributed by atoms with van der Waals surface area (Å²) in [5.41, 5.74) is 2.61. The number of H-pyrrole nitrogens is 1. The summed E-state index contributed by atoms with van der Waals surface area (Å²) in [6.07, 6.45) is 1.68. The Kier molecular flexibility index (Phi) is 6.41. The predicted octanol–water partition coefficient (Wildman–Crippen LogP) is 4.59. The Labute approximate surface area is 184 Å². The first-order valence-corrected chi connectivity index (χ1v) is 11.2. The number of thioether (sulfide) groups is 1. The van der Waals surface area contributed by atoms with Gasteiger partial charge in [-0.3, -0.25) is 9.89 Å². The maximum atomic E-state index is 12.3. The van der Waals surface area contributed by atoms with Crippen molar-refractivity contribution in [1.82, 2.24) is 15.2 Å². The van der Waals surface area contributed by atoms with Crippen LogP contribution in [0.1, 0.15) is 29.8 Å². The molecule has 2 heterocycles. The van der Waals surface area contributed by atoms with E-state index in [9.17, 15) is 4.79 Å². The zero-order valence-electron chi connectivity index (χ0n) is 16.7. The first-order chi connectivity index (χ1) is 14.6. The van der Waals surface area contributed by atoms with Crippen LogP contribution in [0.4, 0.5) is 5.69 Å². The van der Waals surface area contributed by atoms with Crippen LogP contribution < -0.4 is 5.32 Å². The molecule has 1 aliphatic heterocycles. The van der Waals surface area contributed by atoms with Crippen LogP contribution in [0.25, 0.3) is 0 Å². The molecule has 0 unspecified atom stereocenters. The number of nitrogens with one attached hydrogen (secondary N) is 2. The van der Waals surface area contributed by atoms with Crippen molar-refractivity contribution in [3.63, 3.8) is 0 Å². The van der Waals surface area contributed by atoms with Crippen molar-refractivity contribution in [3.8, 4) is 0 Å². The summed E-state index contributed by atoms with van der Waals surface area (Å²) in [5, 5.41) is 11.5. The van der Waals surface area contributed by atoms with Crippen molar-refractivity contribution in [2.45, 2.75) is 30.3 Å². The van der Waals surface area contributed by atoms with Crippen LogP contribution in [0.5, 0.6) is 0 Å². The van der Waals surface area contributed by atoms with Crippen LogP contribution in [0.3, 0.4) is 0 Å². The van der Waals surface area contributed by atoms with Gasteiger partial charge in [0.15, 0.2) is 0 Å². The molecule has 3 aromatic rings. The van der Waals surface area contributed by atoms with Gasteiger partial charge in [-0.05, 0) is 43.0 Å². The third-order valence-corrected chi connectivity index (χ3v) is 6.63. The van der Waals surface area contributed by atoms with E-state index in [0.717, 1.165) is 24.2 Å². The molecule has 4 rings (SSSR count). The number of halogens is 1. The molecule has 0 aliphatic carbocycles. The average molecular weight is 443 g/mol. The zero-order valence-corrected chi connectivity index (χ0v) is 18.2. The summed E-state index contributed by atoms with van der Waals surface area (Å²) in [6, 6.07) is 15.8. The number of nitrogens with zero attached hydrogens (tertiary/aromatic N) is 2. The molecule has 1 saturated heterocycles. The number of amides is 1. The molecular formula is C22H23ClN4O2S. The lowest BCUT2D eigenvalue weighted by Crippen LogP contribution is -2.36. The van der Waals surface area contributed by atoms with E-state index in [0.29, 0.717) is 29.1 Å². The molecule has 0 saturated carbocycles. The molecule has 0 spiro atoms. The first kappa shape index (κ1) is 20.9. The van der Waals surface area contributed by atoms with Crippen molar-refractivity contribution < 1.29 is 9.53 Å². The standard InChI is InChI=1S/C22H23ClN4O2S/c1-15-7-8-17(13-18(15)23)24-19(28)14-30-21-25-20(26-27-21)22(9-11-29-12-10-22)16-5-3-2-4-6-16/h2-8,13H,9-12,14H2,1H3,(H,24,28)(H,25,26,27). The Bertz CT molecular complexity index is 1020. The first-order valence-electron chi connectivity index (χ1n) is 9.82. The second-order valence-electron chi connectivity index (χ2n) is 7.33. The van der Waals surface area contributed by atoms with E-state index in [-0.39, 0.29) is 17.1 Å². The largest absolute Gasteiger partial charge is 0.381 e. The fourth-order valence-electron chi connectivity index (χ4n) is 3.66. The van der Waals surface area contributed by atoms with Crippen molar-refractivity contribution in [2.75, 3.05) is 24.3 Å². The Hall–Kier alpha value is -2.35. The summed E-state index contributed by atoms with van der Waals surface area (Å²) in [5.74, 6) is 0.907. The van der Waals surface area contributed by atoms with Gasteiger partial charge in [-0.2, -0.15) is 0 Å². The van der Waals surface area contributed by atoms with Gasteiger partial charge in [0.05, 0.1) is 11.2 Å². The van der Waals surface area contributed by atoms with E-state index in [2.05, 4.69) is 27.6 Å². The number of ether oxygens (including phenoxy) is 1. The maximum absolute atomic E-state index is 12.3. The molecule has 1 aliphatic rings. The number of carbonyl (C=O) groups is 1. The summed E-state index contributed by atoms with van der Waals surface area (Å²) in [4.78, 5) is 17.0. The van der Waals surface area contributed by atoms with Gasteiger partial charge in [0.25, 0.3) is 0 Å². The highest BCUT2D eigenvalue weighted by Crippen LogP contribution is 2.39. The van der Waals surface area contributed by atoms with Crippen LogP contribution in [0, 0.1) is 6.92 Å². The van der Waals surface area contributed by atoms with E-state index in [1.165, 1.54) is 17.3 Å². The summed E-state index contributed by atoms with van der Waals surface area (Å²) in [7, 11) is 0. The van der Waals surface area contributed by atoms with E-state index in [1.807, 2.05) is 37.3 Å². The minimum Gasteiger partial charge on any atom is -0.381 e. The number of hydrogen-bond donors (Lipinski definition) is 2. The molecule has 2 aromatic carbocycles. The Morgan fingerprint density at radius 2 is 2.00 bits per heavy atom. The molecule has 1 aromatic heterocycles. The fourth-order valence-corrected chi connectivity index (χ4v) is 4.44. The molecule has 0 bridgehead atoms. The van der Waals surface area contributed by atoms with Gasteiger partial charge >= 0.3 is 0 Å². The highest BCUT2D eigenvalue weighted by Gasteiger charge is 2.39. The van der Waals surface area contributed by atoms with Crippen molar-refractivity contribution in [3.05, 3.63) is 70.5 Å². The normalized spacial score (nSPS) is 15.7. The quantitative estimate of drug-likeness (QED) is 0.545. The van der Waals surface area contributed by atoms with E-state index in [1.54, 1.807) is 6.07 Å². The number of anilines is 1. The molecule has 2 N–H and O–H groups in total. The predicted molar refractivity (Wildman–Crippen MR) is 119 cm³/mol. The topological polar surface area (TPSA) is 79.9 Å². The smallest absolute Gasteiger partial charge is 0.234 e. The fraction of sp³-hybridized carbons (Fsp3) is 0.318. The lowest BCUT2D eigenvalue weighted by atomic mass is 9.73. The van der Waals surface area contributed by atoms with Gasteiger partial charge in [0.2, 0.25) is 11.1 Å². The van der Waals surface area contributed by atoms with Crippen LogP contribution in [0.15, 0.2) is 53.7 Å². The molecule has 30 heavy (non-hydrogen) atoms. The van der Waals surface area contributed by atoms with Crippen LogP contribution in [-0.4, -0.2) is 40.1 Å². The Morgan fingerprint density at radius 1 is 1.23 bits per heavy atom. The lowest BCUT2D eigenvalue weighted by Gasteiger charge is -2.35. The number of rotatable bonds is 6. The molecule has 1 amide bonds. The second kappa shape index (κ2) is 9.20. The SMILES string of the molecule is Cc1ccc(NC(=O)CSc2n[nH]c(C3(c4ccccc4)CCOCC3)n2)cc1Cl. The van der Waals surface area contributed by atoms with E-state index in [4.69, 9.17) is 21.3 Å². The Balaban J connectivity index is 1.44.